The number of nitrogens with zero attached hydrogens (tertiary/aromatic N) is 1. The molecule has 7 rings (SSSR count). The predicted molar refractivity (Wildman–Crippen MR) is 410 cm³/mol. The van der Waals surface area contributed by atoms with Gasteiger partial charge in [0.05, 0.1) is 68.7 Å². The number of aliphatic hydroxyl groups excluding tert-OH is 9. The van der Waals surface area contributed by atoms with Gasteiger partial charge in [0.15, 0.2) is 25.0 Å². The molecular weight excluding hydrogens is 1620 g/mol. The first-order valence-corrected chi connectivity index (χ1v) is 38.2. The van der Waals surface area contributed by atoms with Crippen molar-refractivity contribution >= 4 is 111 Å². The lowest BCUT2D eigenvalue weighted by Gasteiger charge is -2.40. The predicted octanol–water partition coefficient (Wildman–Crippen LogP) is -12.1. The second kappa shape index (κ2) is 44.4. The van der Waals surface area contributed by atoms with Gasteiger partial charge in [-0.3, -0.25) is 76.9 Å². The number of carbonyl (C=O) groups excluding carboxylic acids is 15. The van der Waals surface area contributed by atoms with Gasteiger partial charge in [0.25, 0.3) is 5.91 Å². The molecule has 1 saturated heterocycles. The summed E-state index contributed by atoms with van der Waals surface area (Å²) in [5, 5.41) is 141. The Morgan fingerprint density at radius 1 is 0.627 bits per heavy atom. The highest BCUT2D eigenvalue weighted by Crippen LogP contribution is 2.27. The number of hydrogen-bond acceptors (Lipinski definition) is 27. The van der Waals surface area contributed by atoms with Gasteiger partial charge in [-0.15, -0.1) is 0 Å². The Morgan fingerprint density at radius 2 is 1.20 bits per heavy atom. The normalized spacial score (nSPS) is 29.2. The second-order valence-electron chi connectivity index (χ2n) is 28.7. The van der Waals surface area contributed by atoms with E-state index in [9.17, 15) is 113 Å². The zero-order valence-corrected chi connectivity index (χ0v) is 65.7. The number of aliphatic hydroxyl groups is 9. The van der Waals surface area contributed by atoms with Crippen molar-refractivity contribution in [2.75, 3.05) is 39.6 Å². The van der Waals surface area contributed by atoms with Crippen molar-refractivity contribution in [3.8, 4) is 0 Å². The van der Waals surface area contributed by atoms with Crippen LogP contribution in [0.25, 0.3) is 6.08 Å². The van der Waals surface area contributed by atoms with Crippen molar-refractivity contribution in [3.05, 3.63) is 136 Å². The molecule has 0 spiro atoms. The number of rotatable bonds is 17. The van der Waals surface area contributed by atoms with Crippen LogP contribution in [-0.2, 0) is 83.1 Å². The molecule has 1 unspecified atom stereocenters. The largest absolute Gasteiger partial charge is 0.548 e. The fourth-order valence-electron chi connectivity index (χ4n) is 13.0. The van der Waals surface area contributed by atoms with Gasteiger partial charge in [-0.25, -0.2) is 0 Å². The lowest BCUT2D eigenvalue weighted by atomic mass is 9.92. The lowest BCUT2D eigenvalue weighted by molar-refractivity contribution is -0.850. The average molecular weight is 1720 g/mol. The minimum absolute atomic E-state index is 0.107. The first-order chi connectivity index (χ1) is 55.9. The van der Waals surface area contributed by atoms with E-state index >= 15 is 9.59 Å². The van der Waals surface area contributed by atoms with Gasteiger partial charge in [0.2, 0.25) is 76.8 Å². The molecule has 0 aliphatic carbocycles. The molecule has 642 valence electrons. The molecule has 0 saturated carbocycles. The topological polar surface area (TPSA) is 674 Å². The molecule has 3 aromatic rings. The zero-order chi connectivity index (χ0) is 86.9. The number of nitrogens with two attached hydrogens (primary N) is 2. The van der Waals surface area contributed by atoms with Gasteiger partial charge in [0.1, 0.15) is 85.5 Å². The Labute approximate surface area is 682 Å². The molecule has 43 heteroatoms. The Morgan fingerprint density at radius 3 is 1.83 bits per heavy atom. The number of carbonyl (C=O) groups is 15. The van der Waals surface area contributed by atoms with E-state index in [1.165, 1.54) is 43.5 Å². The monoisotopic (exact) mass is 1720 g/mol. The number of fused-ring (bicyclic) bond motifs is 2. The van der Waals surface area contributed by atoms with E-state index in [1.54, 1.807) is 79.7 Å². The third kappa shape index (κ3) is 27.2. The van der Waals surface area contributed by atoms with Crippen molar-refractivity contribution in [2.45, 2.75) is 187 Å². The van der Waals surface area contributed by atoms with Crippen LogP contribution in [0.5, 0.6) is 0 Å². The Hall–Kier alpha value is -11.2. The van der Waals surface area contributed by atoms with Crippen LogP contribution in [0.4, 0.5) is 0 Å². The maximum absolute atomic E-state index is 15.3. The number of nitrogens with one attached hydrogen (secondary N) is 13. The molecule has 1 fully saturated rings. The third-order valence-electron chi connectivity index (χ3n) is 19.6. The highest BCUT2D eigenvalue weighted by molar-refractivity contribution is 9.10. The van der Waals surface area contributed by atoms with Gasteiger partial charge in [-0.1, -0.05) is 119 Å². The van der Waals surface area contributed by atoms with Crippen LogP contribution < -0.4 is 85.3 Å². The average Bonchev–Trinajstić information content (AvgIpc) is 1.60. The molecule has 26 N–H and O–H groups in total. The molecule has 3 aromatic carbocycles. The van der Waals surface area contributed by atoms with Crippen LogP contribution in [0, 0.1) is 0 Å². The molecule has 4 aliphatic rings. The SMILES string of the molecule is CC(/C=C/c1ccccc1)=C\[C@H](O)[C@H]1CC(=O)N[C@@H](CO)C(=O)N[C@@H]2C[NH+]3C=C(C[C@H](NC(=O)CCC[C@H](C(=O)[O-])NC(=O)[C@H](O)CNC(=O)[C@H]([C@H](C)c4ccc(Br)cc4)NC(=O)[C@H]([C@@H](O)C(N)=O)NC(=O)[C@@H](CC(N)=O)NC2=O)C(=O)N[C@@H]([C@H](C)O)C(=O)N[C@@H](CO)C(=O)N[C@H](Cc2ccccc2)C(=O)N1)N([C@H]1OC[C@@H](O)[C@@H](O)[C@H]1O)C3. The molecular formula is C75H99BrN16O26. The Kier molecular flexibility index (Phi) is 35.3. The summed E-state index contributed by atoms with van der Waals surface area (Å²) >= 11 is 3.29. The molecule has 42 nitrogen and oxygen atoms in total. The number of hydrogen-bond donors (Lipinski definition) is 24. The first-order valence-electron chi connectivity index (χ1n) is 37.4. The molecule has 118 heavy (non-hydrogen) atoms. The smallest absolute Gasteiger partial charge is 0.251 e. The first kappa shape index (κ1) is 93.9. The number of ether oxygens (including phenoxy) is 1. The van der Waals surface area contributed by atoms with Crippen molar-refractivity contribution in [2.24, 2.45) is 11.5 Å². The Bertz CT molecular complexity index is 4200. The number of primary amides is 2. The third-order valence-corrected chi connectivity index (χ3v) is 20.1. The second-order valence-corrected chi connectivity index (χ2v) is 29.6. The van der Waals surface area contributed by atoms with Crippen LogP contribution in [0.2, 0.25) is 0 Å². The number of allylic oxidation sites excluding steroid dienone is 2. The van der Waals surface area contributed by atoms with E-state index in [-0.39, 0.29) is 17.0 Å². The summed E-state index contributed by atoms with van der Waals surface area (Å²) in [5.41, 5.74) is 12.6. The van der Waals surface area contributed by atoms with Gasteiger partial charge in [-0.2, -0.15) is 0 Å². The molecule has 4 aliphatic heterocycles. The maximum atomic E-state index is 15.3. The summed E-state index contributed by atoms with van der Waals surface area (Å²) in [6, 6.07) is -0.223. The minimum Gasteiger partial charge on any atom is -0.548 e. The van der Waals surface area contributed by atoms with E-state index < -0.39 is 288 Å². The molecule has 21 atom stereocenters. The van der Waals surface area contributed by atoms with E-state index in [0.717, 1.165) is 17.4 Å². The number of halogens is 1. The number of β-amino-alcohol motifs (C(OH)–C–C–N with tert-alkyl or cyclic N) is 1. The van der Waals surface area contributed by atoms with Crippen molar-refractivity contribution in [3.63, 3.8) is 0 Å². The van der Waals surface area contributed by atoms with E-state index in [2.05, 4.69) is 69.1 Å². The standard InChI is InChI=1S/C75H99BrN16O26/c1-35(17-18-38-11-6-4-7-12-38)23-51(96)44-27-56(101)81-49(31-93)68(110)86-48-30-91-29-42(92(34-91)74-62(104)60(102)53(98)33-118-74)25-46(65(107)89-58(37(3)95)72(114)87-50(32-94)69(111)84-45(64(106)83-44)24-39-13-8-5-9-14-39)80-55(100)16-10-15-43(75(116)117)82-70(112)52(97)28-79-71(113)57(36(2)40-19-21-41(76)22-20-40)88-73(115)59(61(103)63(78)105)90-66(108)47(26-54(77)99)85-67(48)109/h4-9,11-14,17-23,29,36-37,43-53,57-62,74,93-98,102-104H,10,15-16,24-28,30-34H2,1-3H3,(H2,77,99)(H2,78,105)(H,79,113)(H,80,100)(H,81,101)(H,82,112)(H,83,106)(H,84,111)(H,85,109)(H,86,110)(H,87,114)(H,88,115)(H,89,107)(H,90,108)(H,116,117)/b18-17+,35-23+/t36-,37+,43-,44-,45-,46+,47-,48-,49+,50+,51+,52-,53-,57+,58+,59+,60-,61-,62-,74+/m1/s1. The summed E-state index contributed by atoms with van der Waals surface area (Å²) in [6.07, 6.45) is -16.3. The van der Waals surface area contributed by atoms with Crippen LogP contribution in [0.3, 0.4) is 0 Å². The van der Waals surface area contributed by atoms with E-state index in [0.29, 0.717) is 21.2 Å². The number of aliphatic carboxylic acids is 1. The highest BCUT2D eigenvalue weighted by atomic mass is 79.9. The van der Waals surface area contributed by atoms with E-state index in [1.807, 2.05) is 10.6 Å². The number of carboxylic acids is 1. The van der Waals surface area contributed by atoms with E-state index in [4.69, 9.17) is 16.2 Å². The van der Waals surface area contributed by atoms with Crippen molar-refractivity contribution in [1.82, 2.24) is 68.7 Å². The summed E-state index contributed by atoms with van der Waals surface area (Å²) in [7, 11) is 0. The molecule has 4 heterocycles. The number of amides is 14. The van der Waals surface area contributed by atoms with Gasteiger partial charge in [0, 0.05) is 36.1 Å². The highest BCUT2D eigenvalue weighted by Gasteiger charge is 2.48. The van der Waals surface area contributed by atoms with Crippen molar-refractivity contribution in [1.29, 1.82) is 0 Å². The zero-order valence-electron chi connectivity index (χ0n) is 64.1. The summed E-state index contributed by atoms with van der Waals surface area (Å²) < 4.78 is 6.38. The van der Waals surface area contributed by atoms with Gasteiger partial charge < -0.3 is 136 Å². The Balaban J connectivity index is 1.41. The number of quaternary nitrogens is 1. The molecule has 0 aromatic heterocycles. The number of carboxylic acid groups (broad SMARTS) is 1. The summed E-state index contributed by atoms with van der Waals surface area (Å²) in [6.45, 7) is -1.91. The maximum Gasteiger partial charge on any atom is 0.251 e. The fourth-order valence-corrected chi connectivity index (χ4v) is 13.3. The van der Waals surface area contributed by atoms with Crippen LogP contribution >= 0.6 is 15.9 Å². The fraction of sp³-hybridized carbons (Fsp3) is 0.480. The lowest BCUT2D eigenvalue weighted by Crippen LogP contribution is -3.09. The molecule has 4 bridgehead atoms. The van der Waals surface area contributed by atoms with Crippen LogP contribution in [0.1, 0.15) is 81.9 Å². The minimum atomic E-state index is -2.75. The van der Waals surface area contributed by atoms with Crippen LogP contribution in [0.15, 0.2) is 119 Å². The number of benzene rings is 3. The molecule has 14 amide bonds. The van der Waals surface area contributed by atoms with Gasteiger partial charge in [-0.05, 0) is 55.5 Å². The quantitative estimate of drug-likeness (QED) is 0.0558. The van der Waals surface area contributed by atoms with Gasteiger partial charge >= 0.3 is 0 Å². The van der Waals surface area contributed by atoms with Crippen molar-refractivity contribution < 1.29 is 133 Å². The molecule has 0 radical (unpaired) electrons. The summed E-state index contributed by atoms with van der Waals surface area (Å²) in [4.78, 5) is 215. The summed E-state index contributed by atoms with van der Waals surface area (Å²) in [5.74, 6) is -22.6. The van der Waals surface area contributed by atoms with Crippen LogP contribution in [-0.4, -0.2) is 295 Å².